The van der Waals surface area contributed by atoms with Gasteiger partial charge in [-0.3, -0.25) is 4.79 Å². The van der Waals surface area contributed by atoms with E-state index in [4.69, 9.17) is 0 Å². The summed E-state index contributed by atoms with van der Waals surface area (Å²) in [7, 11) is -3.85. The van der Waals surface area contributed by atoms with Crippen molar-refractivity contribution in [2.45, 2.75) is 31.2 Å². The average Bonchev–Trinajstić information content (AvgIpc) is 2.79. The molecule has 0 aliphatic carbocycles. The van der Waals surface area contributed by atoms with Gasteiger partial charge in [0.25, 0.3) is 0 Å². The molecule has 118 valence electrons. The number of thiophene rings is 1. The van der Waals surface area contributed by atoms with Crippen LogP contribution in [0.1, 0.15) is 15.3 Å². The highest BCUT2D eigenvalue weighted by molar-refractivity contribution is 7.89. The first kappa shape index (κ1) is 16.7. The molecule has 0 saturated heterocycles. The number of hydrogen-bond acceptors (Lipinski definition) is 4. The van der Waals surface area contributed by atoms with Crippen LogP contribution in [0, 0.1) is 13.8 Å². The first-order valence-corrected chi connectivity index (χ1v) is 8.95. The van der Waals surface area contributed by atoms with Crippen LogP contribution in [0.2, 0.25) is 0 Å². The first-order valence-electron chi connectivity index (χ1n) is 6.65. The van der Waals surface area contributed by atoms with E-state index >= 15 is 0 Å². The molecule has 0 aliphatic rings. The van der Waals surface area contributed by atoms with E-state index in [2.05, 4.69) is 4.72 Å². The minimum Gasteiger partial charge on any atom is -0.480 e. The lowest BCUT2D eigenvalue weighted by atomic mass is 10.1. The van der Waals surface area contributed by atoms with Crippen LogP contribution in [-0.4, -0.2) is 25.5 Å². The van der Waals surface area contributed by atoms with E-state index in [1.54, 1.807) is 37.3 Å². The Morgan fingerprint density at radius 3 is 2.41 bits per heavy atom. The van der Waals surface area contributed by atoms with Crippen LogP contribution in [0.5, 0.6) is 0 Å². The molecule has 2 N–H and O–H groups in total. The fourth-order valence-corrected chi connectivity index (χ4v) is 4.90. The summed E-state index contributed by atoms with van der Waals surface area (Å²) in [6, 6.07) is 9.29. The summed E-state index contributed by atoms with van der Waals surface area (Å²) < 4.78 is 27.1. The Morgan fingerprint density at radius 1 is 1.27 bits per heavy atom. The van der Waals surface area contributed by atoms with Crippen molar-refractivity contribution in [1.29, 1.82) is 0 Å². The largest absolute Gasteiger partial charge is 0.480 e. The molecule has 0 fully saturated rings. The molecular weight excluding hydrogens is 322 g/mol. The average molecular weight is 339 g/mol. The summed E-state index contributed by atoms with van der Waals surface area (Å²) in [5.41, 5.74) is 0.760. The quantitative estimate of drug-likeness (QED) is 0.846. The maximum Gasteiger partial charge on any atom is 0.322 e. The van der Waals surface area contributed by atoms with E-state index in [0.717, 1.165) is 10.4 Å². The Balaban J connectivity index is 2.24. The molecule has 0 unspecified atom stereocenters. The monoisotopic (exact) mass is 339 g/mol. The lowest BCUT2D eigenvalue weighted by Crippen LogP contribution is -2.42. The second-order valence-corrected chi connectivity index (χ2v) is 8.12. The molecule has 0 aliphatic heterocycles. The fraction of sp³-hybridized carbons (Fsp3) is 0.267. The normalized spacial score (nSPS) is 13.0. The number of carbonyl (C=O) groups is 1. The van der Waals surface area contributed by atoms with E-state index in [1.165, 1.54) is 11.3 Å². The number of carboxylic acid groups (broad SMARTS) is 1. The van der Waals surface area contributed by atoms with Crippen molar-refractivity contribution < 1.29 is 18.3 Å². The smallest absolute Gasteiger partial charge is 0.322 e. The summed E-state index contributed by atoms with van der Waals surface area (Å²) in [5, 5.41) is 9.29. The van der Waals surface area contributed by atoms with Gasteiger partial charge in [-0.25, -0.2) is 8.42 Å². The number of rotatable bonds is 6. The van der Waals surface area contributed by atoms with Gasteiger partial charge in [0.1, 0.15) is 6.04 Å². The number of benzene rings is 1. The fourth-order valence-electron chi connectivity index (χ4n) is 2.15. The highest BCUT2D eigenvalue weighted by atomic mass is 32.2. The summed E-state index contributed by atoms with van der Waals surface area (Å²) in [6.07, 6.45) is 0.0948. The summed E-state index contributed by atoms with van der Waals surface area (Å²) in [5.74, 6) is -1.20. The minimum atomic E-state index is -3.85. The molecule has 7 heteroatoms. The highest BCUT2D eigenvalue weighted by Crippen LogP contribution is 2.25. The van der Waals surface area contributed by atoms with Crippen molar-refractivity contribution >= 4 is 27.3 Å². The standard InChI is InChI=1S/C15H17NO4S2/c1-10-8-14(11(2)21-10)22(19,20)16-13(15(17)18)9-12-6-4-3-5-7-12/h3-8,13,16H,9H2,1-2H3,(H,17,18)/t13-/m0/s1. The van der Waals surface area contributed by atoms with E-state index in [-0.39, 0.29) is 11.3 Å². The van der Waals surface area contributed by atoms with E-state index in [0.29, 0.717) is 4.88 Å². The van der Waals surface area contributed by atoms with E-state index in [1.807, 2.05) is 13.0 Å². The zero-order chi connectivity index (χ0) is 16.3. The Kier molecular flexibility index (Phi) is 5.00. The zero-order valence-corrected chi connectivity index (χ0v) is 13.9. The third-order valence-electron chi connectivity index (χ3n) is 3.16. The van der Waals surface area contributed by atoms with Gasteiger partial charge in [-0.15, -0.1) is 11.3 Å². The first-order chi connectivity index (χ1) is 10.3. The lowest BCUT2D eigenvalue weighted by Gasteiger charge is -2.14. The number of carboxylic acids is 1. The van der Waals surface area contributed by atoms with Crippen molar-refractivity contribution in [1.82, 2.24) is 4.72 Å². The molecule has 2 aromatic rings. The highest BCUT2D eigenvalue weighted by Gasteiger charge is 2.27. The van der Waals surface area contributed by atoms with Crippen LogP contribution in [0.15, 0.2) is 41.3 Å². The van der Waals surface area contributed by atoms with Crippen LogP contribution in [0.4, 0.5) is 0 Å². The SMILES string of the molecule is Cc1cc(S(=O)(=O)N[C@@H](Cc2ccccc2)C(=O)O)c(C)s1. The topological polar surface area (TPSA) is 83.5 Å². The molecule has 1 aromatic heterocycles. The van der Waals surface area contributed by atoms with Gasteiger partial charge in [0.15, 0.2) is 0 Å². The predicted molar refractivity (Wildman–Crippen MR) is 85.7 cm³/mol. The van der Waals surface area contributed by atoms with Gasteiger partial charge in [0, 0.05) is 9.75 Å². The van der Waals surface area contributed by atoms with Crippen molar-refractivity contribution in [3.63, 3.8) is 0 Å². The van der Waals surface area contributed by atoms with E-state index in [9.17, 15) is 18.3 Å². The zero-order valence-electron chi connectivity index (χ0n) is 12.2. The van der Waals surface area contributed by atoms with Crippen molar-refractivity contribution in [2.24, 2.45) is 0 Å². The van der Waals surface area contributed by atoms with Gasteiger partial charge in [-0.05, 0) is 31.9 Å². The molecular formula is C15H17NO4S2. The lowest BCUT2D eigenvalue weighted by molar-refractivity contribution is -0.138. The molecule has 22 heavy (non-hydrogen) atoms. The summed E-state index contributed by atoms with van der Waals surface area (Å²) >= 11 is 1.37. The molecule has 5 nitrogen and oxygen atoms in total. The van der Waals surface area contributed by atoms with E-state index < -0.39 is 22.0 Å². The molecule has 0 spiro atoms. The molecule has 2 rings (SSSR count). The minimum absolute atomic E-state index is 0.0948. The molecule has 0 amide bonds. The van der Waals surface area contributed by atoms with Gasteiger partial charge < -0.3 is 5.11 Å². The van der Waals surface area contributed by atoms with Gasteiger partial charge in [-0.2, -0.15) is 4.72 Å². The van der Waals surface area contributed by atoms with Crippen LogP contribution in [0.25, 0.3) is 0 Å². The number of sulfonamides is 1. The number of hydrogen-bond donors (Lipinski definition) is 2. The number of aliphatic carboxylic acids is 1. The molecule has 0 radical (unpaired) electrons. The van der Waals surface area contributed by atoms with Gasteiger partial charge in [-0.1, -0.05) is 30.3 Å². The summed E-state index contributed by atoms with van der Waals surface area (Å²) in [4.78, 5) is 13.0. The van der Waals surface area contributed by atoms with Crippen molar-refractivity contribution in [3.05, 3.63) is 51.7 Å². The van der Waals surface area contributed by atoms with Crippen molar-refractivity contribution in [2.75, 3.05) is 0 Å². The second-order valence-electron chi connectivity index (χ2n) is 4.98. The third-order valence-corrected chi connectivity index (χ3v) is 5.86. The maximum atomic E-state index is 12.4. The Bertz CT molecular complexity index is 766. The summed E-state index contributed by atoms with van der Waals surface area (Å²) in [6.45, 7) is 3.52. The van der Waals surface area contributed by atoms with Crippen LogP contribution in [-0.2, 0) is 21.2 Å². The van der Waals surface area contributed by atoms with Crippen LogP contribution >= 0.6 is 11.3 Å². The Hall–Kier alpha value is -1.70. The molecule has 1 aromatic carbocycles. The molecule has 0 bridgehead atoms. The van der Waals surface area contributed by atoms with Gasteiger partial charge in [0.05, 0.1) is 4.90 Å². The molecule has 0 saturated carbocycles. The predicted octanol–water partition coefficient (Wildman–Crippen LogP) is 2.34. The number of aryl methyl sites for hydroxylation is 2. The second kappa shape index (κ2) is 6.60. The Morgan fingerprint density at radius 2 is 1.91 bits per heavy atom. The van der Waals surface area contributed by atoms with Gasteiger partial charge in [0.2, 0.25) is 10.0 Å². The van der Waals surface area contributed by atoms with Crippen LogP contribution in [0.3, 0.4) is 0 Å². The maximum absolute atomic E-state index is 12.4. The van der Waals surface area contributed by atoms with Crippen LogP contribution < -0.4 is 4.72 Å². The number of nitrogens with one attached hydrogen (secondary N) is 1. The molecule has 1 heterocycles. The van der Waals surface area contributed by atoms with Gasteiger partial charge >= 0.3 is 5.97 Å². The Labute approximate surface area is 133 Å². The molecule has 1 atom stereocenters. The third kappa shape index (κ3) is 3.94. The van der Waals surface area contributed by atoms with Crippen molar-refractivity contribution in [3.8, 4) is 0 Å².